The van der Waals surface area contributed by atoms with Crippen LogP contribution in [-0.4, -0.2) is 22.9 Å². The summed E-state index contributed by atoms with van der Waals surface area (Å²) < 4.78 is 10.7. The van der Waals surface area contributed by atoms with Crippen molar-refractivity contribution in [1.82, 2.24) is 10.1 Å². The summed E-state index contributed by atoms with van der Waals surface area (Å²) in [5.74, 6) is 0.972. The molecular formula is C15H19N3O2. The van der Waals surface area contributed by atoms with Gasteiger partial charge in [0.1, 0.15) is 0 Å². The first-order valence-corrected chi connectivity index (χ1v) is 7.04. The smallest absolute Gasteiger partial charge is 0.230 e. The van der Waals surface area contributed by atoms with Crippen LogP contribution in [0.25, 0.3) is 11.1 Å². The number of nitrogens with zero attached hydrogens (tertiary/aromatic N) is 2. The van der Waals surface area contributed by atoms with Gasteiger partial charge in [0.15, 0.2) is 0 Å². The van der Waals surface area contributed by atoms with E-state index in [0.29, 0.717) is 17.9 Å². The molecule has 3 rings (SSSR count). The van der Waals surface area contributed by atoms with Gasteiger partial charge in [0.25, 0.3) is 0 Å². The molecule has 2 aromatic heterocycles. The van der Waals surface area contributed by atoms with E-state index in [1.807, 2.05) is 19.1 Å². The van der Waals surface area contributed by atoms with Crippen molar-refractivity contribution in [2.75, 3.05) is 12.3 Å². The normalized spacial score (nSPS) is 21.6. The molecule has 1 fully saturated rings. The van der Waals surface area contributed by atoms with Crippen molar-refractivity contribution < 1.29 is 9.26 Å². The summed E-state index contributed by atoms with van der Waals surface area (Å²) in [5.41, 5.74) is 8.68. The number of nitrogens with two attached hydrogens (primary N) is 1. The fraction of sp³-hybridized carbons (Fsp3) is 0.467. The highest BCUT2D eigenvalue weighted by molar-refractivity contribution is 5.74. The van der Waals surface area contributed by atoms with Crippen LogP contribution in [0.3, 0.4) is 0 Å². The van der Waals surface area contributed by atoms with Crippen molar-refractivity contribution in [3.63, 3.8) is 0 Å². The van der Waals surface area contributed by atoms with Crippen LogP contribution >= 0.6 is 0 Å². The molecule has 1 aliphatic rings. The van der Waals surface area contributed by atoms with Crippen LogP contribution < -0.4 is 5.73 Å². The summed E-state index contributed by atoms with van der Waals surface area (Å²) in [7, 11) is 0. The van der Waals surface area contributed by atoms with Crippen molar-refractivity contribution in [3.05, 3.63) is 30.2 Å². The maximum atomic E-state index is 5.90. The maximum Gasteiger partial charge on any atom is 0.230 e. The molecule has 0 saturated heterocycles. The van der Waals surface area contributed by atoms with Crippen LogP contribution in [0.15, 0.2) is 29.0 Å². The molecule has 5 nitrogen and oxygen atoms in total. The van der Waals surface area contributed by atoms with Crippen molar-refractivity contribution in [2.24, 2.45) is 5.92 Å². The zero-order chi connectivity index (χ0) is 13.9. The van der Waals surface area contributed by atoms with Crippen molar-refractivity contribution in [2.45, 2.75) is 32.3 Å². The van der Waals surface area contributed by atoms with Crippen LogP contribution in [0.4, 0.5) is 5.88 Å². The third kappa shape index (κ3) is 2.54. The van der Waals surface area contributed by atoms with Gasteiger partial charge in [0.05, 0.1) is 17.4 Å². The Bertz CT molecular complexity index is 562. The van der Waals surface area contributed by atoms with E-state index in [9.17, 15) is 0 Å². The minimum atomic E-state index is 0.369. The van der Waals surface area contributed by atoms with Gasteiger partial charge in [-0.05, 0) is 38.2 Å². The third-order valence-electron chi connectivity index (χ3n) is 3.82. The highest BCUT2D eigenvalue weighted by Gasteiger charge is 2.31. The highest BCUT2D eigenvalue weighted by atomic mass is 16.5. The van der Waals surface area contributed by atoms with Gasteiger partial charge in [0, 0.05) is 24.6 Å². The van der Waals surface area contributed by atoms with E-state index in [0.717, 1.165) is 42.7 Å². The van der Waals surface area contributed by atoms with Gasteiger partial charge in [-0.25, -0.2) is 0 Å². The maximum absolute atomic E-state index is 5.90. The molecule has 0 unspecified atom stereocenters. The Morgan fingerprint density at radius 3 is 3.00 bits per heavy atom. The Hall–Kier alpha value is -1.88. The number of nitrogen functional groups attached to an aromatic ring is 1. The Morgan fingerprint density at radius 2 is 2.30 bits per heavy atom. The Kier molecular flexibility index (Phi) is 3.69. The third-order valence-corrected chi connectivity index (χ3v) is 3.82. The topological polar surface area (TPSA) is 74.2 Å². The van der Waals surface area contributed by atoms with Gasteiger partial charge < -0.3 is 15.0 Å². The second-order valence-corrected chi connectivity index (χ2v) is 5.23. The quantitative estimate of drug-likeness (QED) is 0.906. The zero-order valence-corrected chi connectivity index (χ0v) is 11.6. The molecule has 0 bridgehead atoms. The minimum Gasteiger partial charge on any atom is -0.378 e. The molecule has 0 atom stereocenters. The molecule has 20 heavy (non-hydrogen) atoms. The van der Waals surface area contributed by atoms with Crippen LogP contribution in [0.5, 0.6) is 0 Å². The average Bonchev–Trinajstić information content (AvgIpc) is 2.78. The van der Waals surface area contributed by atoms with Crippen LogP contribution in [0.1, 0.15) is 25.5 Å². The van der Waals surface area contributed by atoms with E-state index in [4.69, 9.17) is 15.0 Å². The molecule has 1 aliphatic carbocycles. The molecule has 0 radical (unpaired) electrons. The lowest BCUT2D eigenvalue weighted by Crippen LogP contribution is -2.32. The van der Waals surface area contributed by atoms with Crippen LogP contribution in [-0.2, 0) is 11.2 Å². The second kappa shape index (κ2) is 5.63. The van der Waals surface area contributed by atoms with Gasteiger partial charge in [-0.15, -0.1) is 0 Å². The number of hydrogen-bond donors (Lipinski definition) is 1. The molecule has 2 heterocycles. The molecule has 0 aliphatic heterocycles. The largest absolute Gasteiger partial charge is 0.378 e. The predicted octanol–water partition coefficient (Wildman–Crippen LogP) is 2.68. The van der Waals surface area contributed by atoms with Crippen LogP contribution in [0.2, 0.25) is 0 Å². The molecule has 5 heteroatoms. The second-order valence-electron chi connectivity index (χ2n) is 5.23. The summed E-state index contributed by atoms with van der Waals surface area (Å²) in [4.78, 5) is 4.13. The molecule has 0 amide bonds. The SMILES string of the molecule is CCOC1CC(Cc2noc(N)c2-c2cccnc2)C1. The molecular weight excluding hydrogens is 254 g/mol. The monoisotopic (exact) mass is 273 g/mol. The number of ether oxygens (including phenoxy) is 1. The van der Waals surface area contributed by atoms with Gasteiger partial charge in [-0.2, -0.15) is 0 Å². The fourth-order valence-electron chi connectivity index (χ4n) is 2.78. The van der Waals surface area contributed by atoms with Gasteiger partial charge in [0.2, 0.25) is 5.88 Å². The number of rotatable bonds is 5. The molecule has 0 spiro atoms. The number of anilines is 1. The molecule has 106 valence electrons. The van der Waals surface area contributed by atoms with Gasteiger partial charge in [-0.3, -0.25) is 4.98 Å². The summed E-state index contributed by atoms with van der Waals surface area (Å²) >= 11 is 0. The zero-order valence-electron chi connectivity index (χ0n) is 11.6. The van der Waals surface area contributed by atoms with Crippen molar-refractivity contribution >= 4 is 5.88 Å². The number of hydrogen-bond acceptors (Lipinski definition) is 5. The molecule has 1 saturated carbocycles. The average molecular weight is 273 g/mol. The molecule has 2 aromatic rings. The standard InChI is InChI=1S/C15H19N3O2/c1-2-19-12-6-10(7-12)8-13-14(15(16)20-18-13)11-4-3-5-17-9-11/h3-5,9-10,12H,2,6-8,16H2,1H3. The van der Waals surface area contributed by atoms with E-state index < -0.39 is 0 Å². The first-order chi connectivity index (χ1) is 9.78. The van der Waals surface area contributed by atoms with Crippen LogP contribution in [0, 0.1) is 5.92 Å². The van der Waals surface area contributed by atoms with Crippen molar-refractivity contribution in [3.8, 4) is 11.1 Å². The molecule has 0 aromatic carbocycles. The summed E-state index contributed by atoms with van der Waals surface area (Å²) in [5, 5.41) is 4.12. The Morgan fingerprint density at radius 1 is 1.45 bits per heavy atom. The molecule has 2 N–H and O–H groups in total. The Labute approximate surface area is 118 Å². The summed E-state index contributed by atoms with van der Waals surface area (Å²) in [6, 6.07) is 3.86. The first-order valence-electron chi connectivity index (χ1n) is 7.04. The van der Waals surface area contributed by atoms with E-state index in [1.165, 1.54) is 0 Å². The fourth-order valence-corrected chi connectivity index (χ4v) is 2.78. The van der Waals surface area contributed by atoms with Crippen molar-refractivity contribution in [1.29, 1.82) is 0 Å². The van der Waals surface area contributed by atoms with E-state index in [1.54, 1.807) is 12.4 Å². The summed E-state index contributed by atoms with van der Waals surface area (Å²) in [6.45, 7) is 2.82. The lowest BCUT2D eigenvalue weighted by atomic mass is 9.78. The predicted molar refractivity (Wildman–Crippen MR) is 76.0 cm³/mol. The van der Waals surface area contributed by atoms with Gasteiger partial charge >= 0.3 is 0 Å². The van der Waals surface area contributed by atoms with E-state index in [-0.39, 0.29) is 0 Å². The van der Waals surface area contributed by atoms with E-state index in [2.05, 4.69) is 10.1 Å². The number of pyridine rings is 1. The van der Waals surface area contributed by atoms with Gasteiger partial charge in [-0.1, -0.05) is 11.2 Å². The minimum absolute atomic E-state index is 0.369. The Balaban J connectivity index is 1.72. The first kappa shape index (κ1) is 13.1. The lowest BCUT2D eigenvalue weighted by Gasteiger charge is -2.34. The lowest BCUT2D eigenvalue weighted by molar-refractivity contribution is -0.0244. The number of aromatic nitrogens is 2. The summed E-state index contributed by atoms with van der Waals surface area (Å²) in [6.07, 6.45) is 7.01. The van der Waals surface area contributed by atoms with E-state index >= 15 is 0 Å². The highest BCUT2D eigenvalue weighted by Crippen LogP contribution is 2.36.